The molecule has 0 spiro atoms. The minimum atomic E-state index is -1.65. The number of carbonyl (C=O) groups is 3. The number of aryl methyl sites for hydroxylation is 3. The molecule has 1 aliphatic heterocycles. The summed E-state index contributed by atoms with van der Waals surface area (Å²) in [5, 5.41) is 0. The molecule has 1 heterocycles. The van der Waals surface area contributed by atoms with E-state index in [-0.39, 0.29) is 12.2 Å². The summed E-state index contributed by atoms with van der Waals surface area (Å²) in [5.41, 5.74) is 2.85. The molecule has 0 aromatic heterocycles. The lowest BCUT2D eigenvalue weighted by molar-refractivity contribution is -0.146. The third kappa shape index (κ3) is 3.75. The second kappa shape index (κ2) is 7.38. The first-order chi connectivity index (χ1) is 12.2. The maximum absolute atomic E-state index is 12.7. The van der Waals surface area contributed by atoms with Crippen LogP contribution in [0.4, 0.5) is 0 Å². The van der Waals surface area contributed by atoms with E-state index in [1.54, 1.807) is 0 Å². The monoisotopic (exact) mass is 338 g/mol. The van der Waals surface area contributed by atoms with Gasteiger partial charge in [-0.15, -0.1) is 0 Å². The van der Waals surface area contributed by atoms with Gasteiger partial charge in [-0.05, 0) is 55.4 Å². The van der Waals surface area contributed by atoms with Gasteiger partial charge in [0.1, 0.15) is 13.6 Å². The molecule has 1 aromatic carbocycles. The van der Waals surface area contributed by atoms with Gasteiger partial charge in [0.2, 0.25) is 0 Å². The number of hydrogen-bond acceptors (Lipinski definition) is 3. The Morgan fingerprint density at radius 2 is 1.88 bits per heavy atom. The number of ketones is 1. The lowest BCUT2D eigenvalue weighted by atomic mass is 9.72. The molecule has 130 valence electrons. The lowest BCUT2D eigenvalue weighted by Crippen LogP contribution is -2.55. The van der Waals surface area contributed by atoms with E-state index in [0.717, 1.165) is 40.2 Å². The van der Waals surface area contributed by atoms with Gasteiger partial charge in [-0.1, -0.05) is 26.0 Å². The van der Waals surface area contributed by atoms with E-state index in [4.69, 9.17) is 9.22 Å². The van der Waals surface area contributed by atoms with E-state index in [1.165, 1.54) is 12.5 Å². The summed E-state index contributed by atoms with van der Waals surface area (Å²) in [4.78, 5) is 37.2. The van der Waals surface area contributed by atoms with Crippen LogP contribution in [0.1, 0.15) is 50.8 Å². The van der Waals surface area contributed by atoms with Gasteiger partial charge in [-0.3, -0.25) is 19.3 Å². The van der Waals surface area contributed by atoms with Gasteiger partial charge < -0.3 is 0 Å². The van der Waals surface area contributed by atoms with Crippen LogP contribution in [0, 0.1) is 6.92 Å². The Bertz CT molecular complexity index is 753. The maximum atomic E-state index is 12.7. The van der Waals surface area contributed by atoms with Crippen molar-refractivity contribution in [3.05, 3.63) is 46.5 Å². The fourth-order valence-corrected chi connectivity index (χ4v) is 3.33. The quantitative estimate of drug-likeness (QED) is 0.567. The van der Waals surface area contributed by atoms with Crippen LogP contribution in [0.2, 0.25) is 0 Å². The Balaban J connectivity index is 2.18. The Labute approximate surface area is 152 Å². The first kappa shape index (κ1) is 17.7. The van der Waals surface area contributed by atoms with Crippen molar-refractivity contribution >= 4 is 25.4 Å². The highest BCUT2D eigenvalue weighted by Crippen LogP contribution is 2.23. The number of nitrogens with zero attached hydrogens (tertiary/aromatic N) is 1. The molecule has 1 unspecified atom stereocenters. The molecular formula is C20H24BNO3. The van der Waals surface area contributed by atoms with E-state index < -0.39 is 17.3 Å². The van der Waals surface area contributed by atoms with Crippen molar-refractivity contribution in [2.45, 2.75) is 58.8 Å². The van der Waals surface area contributed by atoms with Crippen LogP contribution in [0.5, 0.6) is 0 Å². The average molecular weight is 338 g/mol. The summed E-state index contributed by atoms with van der Waals surface area (Å²) in [6.45, 7) is 5.83. The predicted molar refractivity (Wildman–Crippen MR) is 98.4 cm³/mol. The number of rotatable bonds is 7. The van der Waals surface area contributed by atoms with E-state index in [2.05, 4.69) is 19.1 Å². The van der Waals surface area contributed by atoms with Crippen molar-refractivity contribution in [3.8, 4) is 0 Å². The van der Waals surface area contributed by atoms with Crippen molar-refractivity contribution in [1.82, 2.24) is 4.90 Å². The molecule has 25 heavy (non-hydrogen) atoms. The first-order valence-electron chi connectivity index (χ1n) is 9.22. The van der Waals surface area contributed by atoms with E-state index >= 15 is 0 Å². The predicted octanol–water partition coefficient (Wildman–Crippen LogP) is 2.43. The molecule has 0 aliphatic carbocycles. The minimum Gasteiger partial charge on any atom is -0.298 e. The van der Waals surface area contributed by atoms with Crippen LogP contribution in [-0.2, 0) is 33.6 Å². The van der Waals surface area contributed by atoms with Crippen LogP contribution in [-0.4, -0.2) is 35.8 Å². The molecule has 0 saturated heterocycles. The molecule has 5 heteroatoms. The van der Waals surface area contributed by atoms with Crippen LogP contribution < -0.4 is 0 Å². The minimum absolute atomic E-state index is 0.140. The molecule has 1 aliphatic rings. The largest absolute Gasteiger partial charge is 0.298 e. The lowest BCUT2D eigenvalue weighted by Gasteiger charge is -2.33. The number of amides is 2. The third-order valence-electron chi connectivity index (χ3n) is 4.73. The van der Waals surface area contributed by atoms with Gasteiger partial charge in [0.25, 0.3) is 11.8 Å². The summed E-state index contributed by atoms with van der Waals surface area (Å²) >= 11 is 0. The SMILES string of the molecule is [2H]CCc1cc(C)c(CC)c(CCC(=O)C([B])(C)N2C(=O)C=CC2=O)c1. The van der Waals surface area contributed by atoms with E-state index in [9.17, 15) is 14.4 Å². The maximum Gasteiger partial charge on any atom is 0.253 e. The summed E-state index contributed by atoms with van der Waals surface area (Å²) in [6, 6.07) is 4.15. The van der Waals surface area contributed by atoms with Crippen LogP contribution in [0.25, 0.3) is 0 Å². The highest BCUT2D eigenvalue weighted by molar-refractivity contribution is 6.33. The highest BCUT2D eigenvalue weighted by Gasteiger charge is 2.41. The summed E-state index contributed by atoms with van der Waals surface area (Å²) in [7, 11) is 6.06. The summed E-state index contributed by atoms with van der Waals surface area (Å²) < 4.78 is 7.42. The van der Waals surface area contributed by atoms with Crippen LogP contribution in [0.15, 0.2) is 24.3 Å². The van der Waals surface area contributed by atoms with Gasteiger partial charge in [-0.2, -0.15) is 0 Å². The zero-order valence-electron chi connectivity index (χ0n) is 16.1. The van der Waals surface area contributed by atoms with Gasteiger partial charge in [0, 0.05) is 19.9 Å². The third-order valence-corrected chi connectivity index (χ3v) is 4.73. The Hall–Kier alpha value is -2.17. The number of benzene rings is 1. The van der Waals surface area contributed by atoms with Gasteiger partial charge >= 0.3 is 0 Å². The van der Waals surface area contributed by atoms with Gasteiger partial charge in [0.05, 0.1) is 5.44 Å². The van der Waals surface area contributed by atoms with Crippen molar-refractivity contribution in [2.75, 3.05) is 0 Å². The Kier molecular flexibility index (Phi) is 5.21. The number of hydrogen-bond donors (Lipinski definition) is 0. The second-order valence-corrected chi connectivity index (χ2v) is 6.57. The fraction of sp³-hybridized carbons (Fsp3) is 0.450. The zero-order chi connectivity index (χ0) is 19.5. The topological polar surface area (TPSA) is 54.5 Å². The van der Waals surface area contributed by atoms with E-state index in [1.807, 2.05) is 6.92 Å². The number of carbonyl (C=O) groups excluding carboxylic acids is 3. The Morgan fingerprint density at radius 3 is 2.44 bits per heavy atom. The van der Waals surface area contributed by atoms with Gasteiger partial charge in [-0.25, -0.2) is 0 Å². The van der Waals surface area contributed by atoms with Crippen molar-refractivity contribution in [1.29, 1.82) is 0 Å². The molecular weight excluding hydrogens is 313 g/mol. The van der Waals surface area contributed by atoms with Crippen molar-refractivity contribution in [2.24, 2.45) is 0 Å². The van der Waals surface area contributed by atoms with Crippen molar-refractivity contribution in [3.63, 3.8) is 0 Å². The molecule has 2 amide bonds. The number of imide groups is 1. The zero-order valence-corrected chi connectivity index (χ0v) is 15.1. The molecule has 0 saturated carbocycles. The van der Waals surface area contributed by atoms with Crippen LogP contribution in [0.3, 0.4) is 0 Å². The molecule has 1 aromatic rings. The normalized spacial score (nSPS) is 16.9. The van der Waals surface area contributed by atoms with Crippen LogP contribution >= 0.6 is 0 Å². The molecule has 2 rings (SSSR count). The summed E-state index contributed by atoms with van der Waals surface area (Å²) in [5.74, 6) is -1.47. The smallest absolute Gasteiger partial charge is 0.253 e. The molecule has 0 N–H and O–H groups in total. The van der Waals surface area contributed by atoms with Crippen molar-refractivity contribution < 1.29 is 15.8 Å². The highest BCUT2D eigenvalue weighted by atomic mass is 16.2. The Morgan fingerprint density at radius 1 is 1.24 bits per heavy atom. The van der Waals surface area contributed by atoms with E-state index in [0.29, 0.717) is 19.7 Å². The molecule has 0 fully saturated rings. The molecule has 0 bridgehead atoms. The molecule has 1 atom stereocenters. The number of Topliss-reactive ketones (excluding diaryl/α,β-unsaturated/α-hetero) is 1. The second-order valence-electron chi connectivity index (χ2n) is 6.57. The average Bonchev–Trinajstić information content (AvgIpc) is 2.91. The van der Waals surface area contributed by atoms with Gasteiger partial charge in [0.15, 0.2) is 0 Å². The first-order valence-corrected chi connectivity index (χ1v) is 8.51. The molecule has 4 nitrogen and oxygen atoms in total. The fourth-order valence-electron chi connectivity index (χ4n) is 3.33. The standard InChI is InChI=1S/C20H24BNO3/c1-5-14-11-13(3)16(6-2)15(12-14)7-8-17(23)20(4,21)22-18(24)9-10-19(22)25/h9-12H,5-8H2,1-4H3/i1D. The summed E-state index contributed by atoms with van der Waals surface area (Å²) in [6.07, 6.45) is 4.41. The molecule has 2 radical (unpaired) electrons.